The Bertz CT molecular complexity index is 1020. The van der Waals surface area contributed by atoms with Crippen LogP contribution in [0.2, 0.25) is 0 Å². The van der Waals surface area contributed by atoms with Gasteiger partial charge in [0.15, 0.2) is 0 Å². The zero-order valence-electron chi connectivity index (χ0n) is 41.2. The minimum absolute atomic E-state index is 0.412. The van der Waals surface area contributed by atoms with Crippen molar-refractivity contribution in [1.29, 1.82) is 0 Å². The molecule has 0 bridgehead atoms. The molecule has 0 radical (unpaired) electrons. The van der Waals surface area contributed by atoms with Crippen molar-refractivity contribution < 1.29 is 0 Å². The molecule has 0 nitrogen and oxygen atoms in total. The first-order chi connectivity index (χ1) is 28.3. The Balaban J connectivity index is 1.43. The van der Waals surface area contributed by atoms with Crippen LogP contribution < -0.4 is 0 Å². The van der Waals surface area contributed by atoms with E-state index in [0.29, 0.717) is 5.41 Å². The topological polar surface area (TPSA) is 0 Å². The summed E-state index contributed by atoms with van der Waals surface area (Å²) in [5, 5.41) is 0. The molecule has 0 aliphatic heterocycles. The summed E-state index contributed by atoms with van der Waals surface area (Å²) in [4.78, 5) is 0. The molecule has 0 aromatic heterocycles. The molecule has 0 amide bonds. The van der Waals surface area contributed by atoms with Gasteiger partial charge in [0.1, 0.15) is 0 Å². The van der Waals surface area contributed by atoms with Gasteiger partial charge >= 0.3 is 0 Å². The molecular formula is C58H108. The fourth-order valence-electron chi connectivity index (χ4n) is 14.3. The van der Waals surface area contributed by atoms with E-state index in [9.17, 15) is 0 Å². The van der Waals surface area contributed by atoms with E-state index >= 15 is 0 Å². The Morgan fingerprint density at radius 2 is 1.09 bits per heavy atom. The highest BCUT2D eigenvalue weighted by molar-refractivity contribution is 5.13. The summed E-state index contributed by atoms with van der Waals surface area (Å²) in [7, 11) is 0. The molecule has 4 rings (SSSR count). The zero-order valence-corrected chi connectivity index (χ0v) is 41.2. The van der Waals surface area contributed by atoms with Gasteiger partial charge in [0.05, 0.1) is 0 Å². The Kier molecular flexibility index (Phi) is 25.3. The molecule has 4 aliphatic carbocycles. The molecule has 4 fully saturated rings. The van der Waals surface area contributed by atoms with Crippen molar-refractivity contribution >= 4 is 0 Å². The van der Waals surface area contributed by atoms with Crippen LogP contribution in [0.5, 0.6) is 0 Å². The lowest BCUT2D eigenvalue weighted by molar-refractivity contribution is 0.113. The van der Waals surface area contributed by atoms with Crippen molar-refractivity contribution in [2.24, 2.45) is 64.6 Å². The van der Waals surface area contributed by atoms with Crippen molar-refractivity contribution in [3.8, 4) is 0 Å². The van der Waals surface area contributed by atoms with E-state index in [1.54, 1.807) is 44.1 Å². The van der Waals surface area contributed by atoms with Crippen LogP contribution in [0.1, 0.15) is 292 Å². The fourth-order valence-corrected chi connectivity index (χ4v) is 14.3. The Hall–Kier alpha value is -0.260. The van der Waals surface area contributed by atoms with Crippen molar-refractivity contribution in [2.75, 3.05) is 0 Å². The van der Waals surface area contributed by atoms with Gasteiger partial charge in [0.25, 0.3) is 0 Å². The highest BCUT2D eigenvalue weighted by atomic mass is 14.4. The molecule has 4 aliphatic rings. The SMILES string of the molecule is CCCCCC1CC(C)CCC(CC2CC(CCCCC)CC(C(CC)CC=C(C)C3(C)CCC(C4CCCCCCCCCCCCC4)CC(CCCC)C3)C2)C1. The molecule has 340 valence electrons. The first-order valence-corrected chi connectivity index (χ1v) is 27.9. The average molecular weight is 806 g/mol. The van der Waals surface area contributed by atoms with E-state index in [4.69, 9.17) is 0 Å². The highest BCUT2D eigenvalue weighted by Gasteiger charge is 2.38. The summed E-state index contributed by atoms with van der Waals surface area (Å²) in [6.07, 6.45) is 59.5. The third-order valence-electron chi connectivity index (χ3n) is 18.1. The van der Waals surface area contributed by atoms with Gasteiger partial charge in [-0.3, -0.25) is 0 Å². The normalized spacial score (nSPS) is 34.2. The van der Waals surface area contributed by atoms with Crippen LogP contribution >= 0.6 is 0 Å². The van der Waals surface area contributed by atoms with Gasteiger partial charge in [-0.2, -0.15) is 0 Å². The molecule has 10 unspecified atom stereocenters. The van der Waals surface area contributed by atoms with Gasteiger partial charge in [-0.15, -0.1) is 0 Å². The van der Waals surface area contributed by atoms with Crippen molar-refractivity contribution in [3.05, 3.63) is 11.6 Å². The maximum absolute atomic E-state index is 2.87. The van der Waals surface area contributed by atoms with Crippen molar-refractivity contribution in [1.82, 2.24) is 0 Å². The third-order valence-corrected chi connectivity index (χ3v) is 18.1. The predicted octanol–water partition coefficient (Wildman–Crippen LogP) is 20.1. The van der Waals surface area contributed by atoms with E-state index in [-0.39, 0.29) is 0 Å². The summed E-state index contributed by atoms with van der Waals surface area (Å²) in [5.74, 6) is 9.77. The molecule has 0 spiro atoms. The van der Waals surface area contributed by atoms with Gasteiger partial charge in [-0.05, 0) is 142 Å². The molecule has 0 heteroatoms. The first kappa shape index (κ1) is 50.4. The van der Waals surface area contributed by atoms with E-state index < -0.39 is 0 Å². The average Bonchev–Trinajstić information content (AvgIpc) is 3.50. The molecular weight excluding hydrogens is 697 g/mol. The van der Waals surface area contributed by atoms with Crippen molar-refractivity contribution in [2.45, 2.75) is 292 Å². The number of allylic oxidation sites excluding steroid dienone is 2. The van der Waals surface area contributed by atoms with Gasteiger partial charge in [-0.25, -0.2) is 0 Å². The lowest BCUT2D eigenvalue weighted by Crippen LogP contribution is -2.29. The van der Waals surface area contributed by atoms with Crippen LogP contribution in [-0.2, 0) is 0 Å². The van der Waals surface area contributed by atoms with Gasteiger partial charge in [0, 0.05) is 0 Å². The summed E-state index contributed by atoms with van der Waals surface area (Å²) in [6, 6.07) is 0. The molecule has 4 saturated carbocycles. The number of unbranched alkanes of at least 4 members (excludes halogenated alkanes) is 5. The van der Waals surface area contributed by atoms with Crippen LogP contribution in [0, 0.1) is 64.6 Å². The van der Waals surface area contributed by atoms with Gasteiger partial charge in [0.2, 0.25) is 0 Å². The Morgan fingerprint density at radius 3 is 1.69 bits per heavy atom. The number of hydrogen-bond acceptors (Lipinski definition) is 0. The zero-order chi connectivity index (χ0) is 41.4. The maximum atomic E-state index is 2.87. The maximum Gasteiger partial charge on any atom is -0.0116 e. The third kappa shape index (κ3) is 18.6. The van der Waals surface area contributed by atoms with Gasteiger partial charge in [-0.1, -0.05) is 227 Å². The predicted molar refractivity (Wildman–Crippen MR) is 261 cm³/mol. The van der Waals surface area contributed by atoms with Crippen LogP contribution in [0.3, 0.4) is 0 Å². The fraction of sp³-hybridized carbons (Fsp3) is 0.966. The highest BCUT2D eigenvalue weighted by Crippen LogP contribution is 2.50. The summed E-state index contributed by atoms with van der Waals surface area (Å²) in [5.41, 5.74) is 2.21. The van der Waals surface area contributed by atoms with E-state index in [1.165, 1.54) is 205 Å². The lowest BCUT2D eigenvalue weighted by Gasteiger charge is -2.40. The second-order valence-electron chi connectivity index (χ2n) is 23.1. The van der Waals surface area contributed by atoms with Crippen LogP contribution in [-0.4, -0.2) is 0 Å². The molecule has 0 saturated heterocycles. The minimum Gasteiger partial charge on any atom is -0.0848 e. The smallest absolute Gasteiger partial charge is 0.0116 e. The van der Waals surface area contributed by atoms with Crippen LogP contribution in [0.4, 0.5) is 0 Å². The van der Waals surface area contributed by atoms with E-state index in [0.717, 1.165) is 59.2 Å². The molecule has 0 aromatic rings. The molecule has 10 atom stereocenters. The van der Waals surface area contributed by atoms with E-state index in [1.807, 2.05) is 0 Å². The summed E-state index contributed by atoms with van der Waals surface area (Å²) in [6.45, 7) is 17.8. The minimum atomic E-state index is 0.412. The summed E-state index contributed by atoms with van der Waals surface area (Å²) < 4.78 is 0. The van der Waals surface area contributed by atoms with Crippen LogP contribution in [0.25, 0.3) is 0 Å². The van der Waals surface area contributed by atoms with Crippen molar-refractivity contribution in [3.63, 3.8) is 0 Å². The number of hydrogen-bond donors (Lipinski definition) is 0. The second-order valence-corrected chi connectivity index (χ2v) is 23.1. The monoisotopic (exact) mass is 805 g/mol. The standard InChI is InChI=1S/C58H108/c1-8-12-24-29-49-39-47(5)33-35-51(40-49)42-53-41-50(30-25-13-9-2)43-57(45-53)54(11-4)36-34-48(6)58(7)38-37-56(44-52(46-58)28-14-10-3)55-31-26-22-20-18-16-15-17-19-21-23-27-32-55/h34,47,49-57H,8-33,35-46H2,1-7H3. The van der Waals surface area contributed by atoms with Crippen LogP contribution in [0.15, 0.2) is 11.6 Å². The molecule has 0 aromatic carbocycles. The molecule has 0 heterocycles. The lowest BCUT2D eigenvalue weighted by atomic mass is 9.65. The van der Waals surface area contributed by atoms with Gasteiger partial charge < -0.3 is 0 Å². The first-order valence-electron chi connectivity index (χ1n) is 27.9. The number of rotatable bonds is 19. The Morgan fingerprint density at radius 1 is 0.534 bits per heavy atom. The largest absolute Gasteiger partial charge is 0.0848 e. The Labute approximate surface area is 367 Å². The molecule has 0 N–H and O–H groups in total. The summed E-state index contributed by atoms with van der Waals surface area (Å²) >= 11 is 0. The van der Waals surface area contributed by atoms with E-state index in [2.05, 4.69) is 54.5 Å². The second kappa shape index (κ2) is 29.2. The quantitative estimate of drug-likeness (QED) is 0.0693. The molecule has 58 heavy (non-hydrogen) atoms.